The molecule has 0 amide bonds. The molecule has 19 heavy (non-hydrogen) atoms. The molecule has 2 nitrogen and oxygen atoms in total. The summed E-state index contributed by atoms with van der Waals surface area (Å²) >= 11 is 5.94. The predicted octanol–water partition coefficient (Wildman–Crippen LogP) is 3.73. The number of Topliss-reactive ketones (excluding diaryl/α,β-unsaturated/α-hetero) is 1. The van der Waals surface area contributed by atoms with Crippen LogP contribution < -0.4 is 0 Å². The Morgan fingerprint density at radius 3 is 2.89 bits per heavy atom. The van der Waals surface area contributed by atoms with E-state index >= 15 is 0 Å². The first-order chi connectivity index (χ1) is 9.15. The fourth-order valence-corrected chi connectivity index (χ4v) is 3.11. The molecule has 0 spiro atoms. The summed E-state index contributed by atoms with van der Waals surface area (Å²) in [5.74, 6) is 2.70. The monoisotopic (exact) mass is 289 g/mol. The van der Waals surface area contributed by atoms with Gasteiger partial charge in [0.15, 0.2) is 0 Å². The number of carbonyl (C=O) groups excluding carboxylic acids is 1. The van der Waals surface area contributed by atoms with Crippen LogP contribution in [0.4, 0.5) is 0 Å². The quantitative estimate of drug-likeness (QED) is 0.640. The number of nitrogens with zero attached hydrogens (tertiary/aromatic N) is 1. The number of hydrogen-bond acceptors (Lipinski definition) is 4. The van der Waals surface area contributed by atoms with E-state index in [1.807, 2.05) is 23.7 Å². The van der Waals surface area contributed by atoms with Crippen LogP contribution in [-0.4, -0.2) is 15.5 Å². The second-order valence-electron chi connectivity index (χ2n) is 4.51. The highest BCUT2D eigenvalue weighted by atomic mass is 32.1. The van der Waals surface area contributed by atoms with Crippen LogP contribution in [0.1, 0.15) is 25.7 Å². The van der Waals surface area contributed by atoms with Crippen LogP contribution >= 0.6 is 24.0 Å². The number of aromatic nitrogens is 1. The maximum absolute atomic E-state index is 11.1. The van der Waals surface area contributed by atoms with E-state index in [4.69, 9.17) is 6.42 Å². The average molecular weight is 289 g/mol. The molecule has 1 saturated carbocycles. The van der Waals surface area contributed by atoms with Gasteiger partial charge in [0.05, 0.1) is 20.5 Å². The van der Waals surface area contributed by atoms with Gasteiger partial charge < -0.3 is 0 Å². The highest BCUT2D eigenvalue weighted by Gasteiger charge is 2.37. The zero-order valence-corrected chi connectivity index (χ0v) is 12.2. The van der Waals surface area contributed by atoms with Crippen molar-refractivity contribution in [3.8, 4) is 12.3 Å². The first-order valence-corrected chi connectivity index (χ1v) is 7.46. The Labute approximate surface area is 122 Å². The van der Waals surface area contributed by atoms with Crippen molar-refractivity contribution in [1.82, 2.24) is 4.98 Å². The third kappa shape index (κ3) is 3.37. The molecule has 2 aromatic rings. The number of rotatable bonds is 1. The summed E-state index contributed by atoms with van der Waals surface area (Å²) in [6, 6.07) is 8.13. The maximum atomic E-state index is 11.1. The van der Waals surface area contributed by atoms with Crippen molar-refractivity contribution < 1.29 is 4.79 Å². The summed E-state index contributed by atoms with van der Waals surface area (Å²) in [7, 11) is 0. The van der Waals surface area contributed by atoms with Crippen LogP contribution in [-0.2, 0) is 4.79 Å². The van der Waals surface area contributed by atoms with Crippen molar-refractivity contribution in [1.29, 1.82) is 0 Å². The minimum atomic E-state index is -0.477. The maximum Gasteiger partial charge on any atom is 0.149 e. The second kappa shape index (κ2) is 6.23. The minimum Gasteiger partial charge on any atom is -0.298 e. The number of hydrogen-bond donors (Lipinski definition) is 1. The van der Waals surface area contributed by atoms with Crippen LogP contribution in [0, 0.1) is 12.3 Å². The summed E-state index contributed by atoms with van der Waals surface area (Å²) in [5.41, 5.74) is 2.97. The zero-order valence-electron chi connectivity index (χ0n) is 10.5. The van der Waals surface area contributed by atoms with Gasteiger partial charge in [-0.05, 0) is 25.0 Å². The van der Waals surface area contributed by atoms with Crippen LogP contribution in [0.2, 0.25) is 0 Å². The number of terminal acetylenes is 1. The van der Waals surface area contributed by atoms with Gasteiger partial charge in [-0.15, -0.1) is 23.7 Å². The first kappa shape index (κ1) is 14.1. The molecule has 1 heterocycles. The predicted molar refractivity (Wildman–Crippen MR) is 83.6 cm³/mol. The van der Waals surface area contributed by atoms with Crippen LogP contribution in [0.3, 0.4) is 0 Å². The molecule has 1 aliphatic rings. The van der Waals surface area contributed by atoms with Crippen molar-refractivity contribution in [3.63, 3.8) is 0 Å². The molecule has 98 valence electrons. The first-order valence-electron chi connectivity index (χ1n) is 6.13. The van der Waals surface area contributed by atoms with Gasteiger partial charge in [0.25, 0.3) is 0 Å². The lowest BCUT2D eigenvalue weighted by Crippen LogP contribution is -2.25. The Balaban J connectivity index is 0.000000141. The Morgan fingerprint density at radius 2 is 2.26 bits per heavy atom. The lowest BCUT2D eigenvalue weighted by molar-refractivity contribution is -0.119. The van der Waals surface area contributed by atoms with Gasteiger partial charge in [0.1, 0.15) is 5.78 Å². The number of ketones is 1. The molecule has 0 saturated heterocycles. The van der Waals surface area contributed by atoms with E-state index in [-0.39, 0.29) is 5.78 Å². The van der Waals surface area contributed by atoms with Gasteiger partial charge in [-0.3, -0.25) is 4.79 Å². The van der Waals surface area contributed by atoms with Crippen molar-refractivity contribution in [2.45, 2.75) is 30.4 Å². The second-order valence-corrected chi connectivity index (χ2v) is 6.25. The van der Waals surface area contributed by atoms with Crippen molar-refractivity contribution in [3.05, 3.63) is 29.8 Å². The normalized spacial score (nSPS) is 21.8. The van der Waals surface area contributed by atoms with Gasteiger partial charge in [-0.25, -0.2) is 4.98 Å². The smallest absolute Gasteiger partial charge is 0.149 e. The number of fused-ring (bicyclic) bond motifs is 1. The Kier molecular flexibility index (Phi) is 4.62. The number of para-hydroxylation sites is 1. The number of benzene rings is 1. The van der Waals surface area contributed by atoms with E-state index < -0.39 is 4.75 Å². The third-order valence-electron chi connectivity index (χ3n) is 3.14. The molecule has 4 heteroatoms. The van der Waals surface area contributed by atoms with E-state index in [1.54, 1.807) is 11.3 Å². The van der Waals surface area contributed by atoms with Crippen LogP contribution in [0.25, 0.3) is 10.2 Å². The van der Waals surface area contributed by atoms with Crippen molar-refractivity contribution in [2.75, 3.05) is 0 Å². The summed E-state index contributed by atoms with van der Waals surface area (Å²) < 4.78 is 0.784. The molecular weight excluding hydrogens is 274 g/mol. The number of carbonyl (C=O) groups is 1. The molecule has 1 aliphatic carbocycles. The fourth-order valence-electron chi connectivity index (χ4n) is 2.07. The van der Waals surface area contributed by atoms with E-state index in [2.05, 4.69) is 29.6 Å². The molecule has 1 aromatic carbocycles. The van der Waals surface area contributed by atoms with Gasteiger partial charge in [0, 0.05) is 12.8 Å². The molecule has 3 rings (SSSR count). The SMILES string of the molecule is C#CCC1(S)CCCC1=O.c1ccc2scnc2c1. The molecular formula is C15H15NOS2. The van der Waals surface area contributed by atoms with E-state index in [1.165, 1.54) is 4.70 Å². The molecule has 0 bridgehead atoms. The van der Waals surface area contributed by atoms with Gasteiger partial charge in [-0.2, -0.15) is 12.6 Å². The molecule has 1 atom stereocenters. The lowest BCUT2D eigenvalue weighted by atomic mass is 10.0. The summed E-state index contributed by atoms with van der Waals surface area (Å²) in [6.45, 7) is 0. The van der Waals surface area contributed by atoms with Gasteiger partial charge >= 0.3 is 0 Å². The fraction of sp³-hybridized carbons (Fsp3) is 0.333. The summed E-state index contributed by atoms with van der Waals surface area (Å²) in [5, 5.41) is 0. The highest BCUT2D eigenvalue weighted by molar-refractivity contribution is 7.82. The van der Waals surface area contributed by atoms with Crippen molar-refractivity contribution in [2.24, 2.45) is 0 Å². The molecule has 0 aliphatic heterocycles. The standard InChI is InChI=1S/C8H10OS.C7H5NS/c1-2-5-8(10)6-3-4-7(8)9;1-2-4-7-6(3-1)8-5-9-7/h1,10H,3-6H2;1-5H. The van der Waals surface area contributed by atoms with Gasteiger partial charge in [-0.1, -0.05) is 12.1 Å². The molecule has 0 radical (unpaired) electrons. The lowest BCUT2D eigenvalue weighted by Gasteiger charge is -2.16. The summed E-state index contributed by atoms with van der Waals surface area (Å²) in [4.78, 5) is 15.3. The molecule has 0 N–H and O–H groups in total. The van der Waals surface area contributed by atoms with Crippen LogP contribution in [0.5, 0.6) is 0 Å². The van der Waals surface area contributed by atoms with E-state index in [0.29, 0.717) is 12.8 Å². The number of thiol groups is 1. The molecule has 1 unspecified atom stereocenters. The molecule has 1 aromatic heterocycles. The zero-order chi connectivity index (χ0) is 13.7. The third-order valence-corrected chi connectivity index (χ3v) is 4.59. The summed E-state index contributed by atoms with van der Waals surface area (Å²) in [6.07, 6.45) is 8.04. The Morgan fingerprint density at radius 1 is 1.47 bits per heavy atom. The van der Waals surface area contributed by atoms with Gasteiger partial charge in [0.2, 0.25) is 0 Å². The largest absolute Gasteiger partial charge is 0.298 e. The van der Waals surface area contributed by atoms with Crippen LogP contribution in [0.15, 0.2) is 29.8 Å². The van der Waals surface area contributed by atoms with E-state index in [9.17, 15) is 4.79 Å². The Hall–Kier alpha value is -1.31. The highest BCUT2D eigenvalue weighted by Crippen LogP contribution is 2.34. The van der Waals surface area contributed by atoms with E-state index in [0.717, 1.165) is 18.4 Å². The van der Waals surface area contributed by atoms with Crippen molar-refractivity contribution >= 4 is 40.0 Å². The minimum absolute atomic E-state index is 0.216. The molecule has 1 fully saturated rings. The Bertz CT molecular complexity index is 584. The average Bonchev–Trinajstić information content (AvgIpc) is 2.99. The number of thiazole rings is 1. The topological polar surface area (TPSA) is 30.0 Å².